The molecule has 0 saturated heterocycles. The van der Waals surface area contributed by atoms with Crippen molar-refractivity contribution in [2.24, 2.45) is 0 Å². The highest BCUT2D eigenvalue weighted by Crippen LogP contribution is 2.41. The molecule has 0 radical (unpaired) electrons. The zero-order chi connectivity index (χ0) is 22.5. The van der Waals surface area contributed by atoms with Gasteiger partial charge in [-0.3, -0.25) is 0 Å². The minimum atomic E-state index is -1.99. The maximum atomic E-state index is 6.51. The molecule has 5 nitrogen and oxygen atoms in total. The smallest absolute Gasteiger partial charge is 0.250 e. The molecule has 0 bridgehead atoms. The van der Waals surface area contributed by atoms with Crippen LogP contribution in [0.2, 0.25) is 18.1 Å². The molecule has 0 fully saturated rings. The highest BCUT2D eigenvalue weighted by Gasteiger charge is 2.39. The van der Waals surface area contributed by atoms with Crippen LogP contribution in [0.15, 0.2) is 30.3 Å². The minimum absolute atomic E-state index is 0.0973. The summed E-state index contributed by atoms with van der Waals surface area (Å²) in [5.74, 6) is 3.33. The standard InChI is InChI=1S/C24H34O5Si/c1-24(2,3)30(8,9)29-20-14-17(12-13-19(20)25-4)10-11-18-15-21(26-5)23(28-7)22(16-18)27-6/h10-16H,1-9H3/b11-10+. The lowest BCUT2D eigenvalue weighted by molar-refractivity contribution is 0.324. The van der Waals surface area contributed by atoms with E-state index in [1.165, 1.54) is 0 Å². The summed E-state index contributed by atoms with van der Waals surface area (Å²) >= 11 is 0. The third-order valence-electron chi connectivity index (χ3n) is 5.51. The molecule has 2 aromatic rings. The van der Waals surface area contributed by atoms with Gasteiger partial charge in [-0.25, -0.2) is 0 Å². The second-order valence-corrected chi connectivity index (χ2v) is 13.3. The summed E-state index contributed by atoms with van der Waals surface area (Å²) in [6, 6.07) is 9.79. The van der Waals surface area contributed by atoms with Crippen molar-refractivity contribution in [3.8, 4) is 28.7 Å². The summed E-state index contributed by atoms with van der Waals surface area (Å²) in [4.78, 5) is 0. The second kappa shape index (κ2) is 9.47. The van der Waals surface area contributed by atoms with Gasteiger partial charge in [-0.1, -0.05) is 39.0 Å². The number of hydrogen-bond donors (Lipinski definition) is 0. The first-order valence-corrected chi connectivity index (χ1v) is 12.8. The topological polar surface area (TPSA) is 46.2 Å². The van der Waals surface area contributed by atoms with Crippen LogP contribution in [0.5, 0.6) is 28.7 Å². The lowest BCUT2D eigenvalue weighted by atomic mass is 10.1. The van der Waals surface area contributed by atoms with Crippen LogP contribution >= 0.6 is 0 Å². The third kappa shape index (κ3) is 5.30. The molecule has 0 saturated carbocycles. The van der Waals surface area contributed by atoms with Crippen LogP contribution < -0.4 is 23.4 Å². The van der Waals surface area contributed by atoms with E-state index in [9.17, 15) is 0 Å². The zero-order valence-corrected chi connectivity index (χ0v) is 20.6. The van der Waals surface area contributed by atoms with E-state index < -0.39 is 8.32 Å². The third-order valence-corrected chi connectivity index (χ3v) is 9.86. The van der Waals surface area contributed by atoms with Crippen molar-refractivity contribution in [3.05, 3.63) is 41.5 Å². The molecule has 6 heteroatoms. The van der Waals surface area contributed by atoms with Crippen LogP contribution in [0, 0.1) is 0 Å². The minimum Gasteiger partial charge on any atom is -0.541 e. The zero-order valence-electron chi connectivity index (χ0n) is 19.6. The molecule has 0 aromatic heterocycles. The van der Waals surface area contributed by atoms with Gasteiger partial charge in [-0.2, -0.15) is 0 Å². The summed E-state index contributed by atoms with van der Waals surface area (Å²) < 4.78 is 28.3. The summed E-state index contributed by atoms with van der Waals surface area (Å²) in [5.41, 5.74) is 1.95. The van der Waals surface area contributed by atoms with Crippen LogP contribution in [-0.2, 0) is 0 Å². The van der Waals surface area contributed by atoms with Crippen molar-refractivity contribution >= 4 is 20.5 Å². The monoisotopic (exact) mass is 430 g/mol. The first-order valence-electron chi connectivity index (χ1n) is 9.91. The van der Waals surface area contributed by atoms with Gasteiger partial charge in [0.1, 0.15) is 5.75 Å². The molecule has 164 valence electrons. The molecule has 0 spiro atoms. The lowest BCUT2D eigenvalue weighted by Gasteiger charge is -2.36. The van der Waals surface area contributed by atoms with Gasteiger partial charge >= 0.3 is 0 Å². The number of methoxy groups -OCH3 is 4. The SMILES string of the molecule is COc1ccc(/C=C/c2cc(OC)c(OC)c(OC)c2)cc1O[Si](C)(C)C(C)(C)C. The predicted molar refractivity (Wildman–Crippen MR) is 126 cm³/mol. The molecule has 0 heterocycles. The van der Waals surface area contributed by atoms with Crippen molar-refractivity contribution < 1.29 is 23.4 Å². The van der Waals surface area contributed by atoms with E-state index in [-0.39, 0.29) is 5.04 Å². The average Bonchev–Trinajstić information content (AvgIpc) is 2.70. The van der Waals surface area contributed by atoms with Gasteiger partial charge in [0.05, 0.1) is 28.4 Å². The van der Waals surface area contributed by atoms with Crippen LogP contribution in [0.25, 0.3) is 12.2 Å². The van der Waals surface area contributed by atoms with Crippen molar-refractivity contribution in [2.75, 3.05) is 28.4 Å². The number of benzene rings is 2. The summed E-state index contributed by atoms with van der Waals surface area (Å²) in [7, 11) is 4.49. The van der Waals surface area contributed by atoms with Crippen LogP contribution in [0.3, 0.4) is 0 Å². The highest BCUT2D eigenvalue weighted by molar-refractivity contribution is 6.74. The Morgan fingerprint density at radius 3 is 1.63 bits per heavy atom. The quantitative estimate of drug-likeness (QED) is 0.364. The van der Waals surface area contributed by atoms with Gasteiger partial charge in [-0.15, -0.1) is 0 Å². The fraction of sp³-hybridized carbons (Fsp3) is 0.417. The van der Waals surface area contributed by atoms with Gasteiger partial charge in [0.2, 0.25) is 5.75 Å². The number of rotatable bonds is 8. The fourth-order valence-electron chi connectivity index (χ4n) is 2.69. The second-order valence-electron chi connectivity index (χ2n) is 8.56. The molecule has 0 aliphatic carbocycles. The Morgan fingerprint density at radius 1 is 0.667 bits per heavy atom. The van der Waals surface area contributed by atoms with Gasteiger partial charge in [0.25, 0.3) is 8.32 Å². The van der Waals surface area contributed by atoms with Crippen LogP contribution in [0.4, 0.5) is 0 Å². The van der Waals surface area contributed by atoms with Crippen molar-refractivity contribution in [2.45, 2.75) is 38.9 Å². The van der Waals surface area contributed by atoms with E-state index in [0.29, 0.717) is 17.2 Å². The van der Waals surface area contributed by atoms with Gasteiger partial charge in [0.15, 0.2) is 17.2 Å². The lowest BCUT2D eigenvalue weighted by Crippen LogP contribution is -2.43. The number of hydrogen-bond acceptors (Lipinski definition) is 5. The first kappa shape index (κ1) is 23.7. The summed E-state index contributed by atoms with van der Waals surface area (Å²) in [6.07, 6.45) is 4.03. The van der Waals surface area contributed by atoms with Gasteiger partial charge in [0, 0.05) is 0 Å². The average molecular weight is 431 g/mol. The van der Waals surface area contributed by atoms with Crippen LogP contribution in [-0.4, -0.2) is 36.8 Å². The molecule has 0 amide bonds. The highest BCUT2D eigenvalue weighted by atomic mass is 28.4. The molecular formula is C24H34O5Si. The molecular weight excluding hydrogens is 396 g/mol. The predicted octanol–water partition coefficient (Wildman–Crippen LogP) is 6.28. The Bertz CT molecular complexity index is 872. The maximum Gasteiger partial charge on any atom is 0.250 e. The molecule has 2 rings (SSSR count). The molecule has 0 aliphatic heterocycles. The molecule has 0 atom stereocenters. The normalized spacial score (nSPS) is 12.0. The molecule has 0 unspecified atom stereocenters. The molecule has 30 heavy (non-hydrogen) atoms. The van der Waals surface area contributed by atoms with E-state index in [2.05, 4.69) is 33.9 Å². The van der Waals surface area contributed by atoms with E-state index in [1.54, 1.807) is 28.4 Å². The fourth-order valence-corrected chi connectivity index (χ4v) is 3.71. The Hall–Kier alpha value is -2.60. The summed E-state index contributed by atoms with van der Waals surface area (Å²) in [6.45, 7) is 11.1. The van der Waals surface area contributed by atoms with E-state index in [4.69, 9.17) is 23.4 Å². The largest absolute Gasteiger partial charge is 0.541 e. The molecule has 2 aromatic carbocycles. The van der Waals surface area contributed by atoms with E-state index in [0.717, 1.165) is 22.6 Å². The Kier molecular flexibility index (Phi) is 7.47. The van der Waals surface area contributed by atoms with Crippen molar-refractivity contribution in [3.63, 3.8) is 0 Å². The Labute approximate surface area is 181 Å². The Morgan fingerprint density at radius 2 is 1.17 bits per heavy atom. The van der Waals surface area contributed by atoms with Crippen molar-refractivity contribution in [1.29, 1.82) is 0 Å². The molecule has 0 N–H and O–H groups in total. The summed E-state index contributed by atoms with van der Waals surface area (Å²) in [5, 5.41) is 0.0973. The molecule has 0 aliphatic rings. The van der Waals surface area contributed by atoms with E-state index >= 15 is 0 Å². The van der Waals surface area contributed by atoms with E-state index in [1.807, 2.05) is 42.5 Å². The van der Waals surface area contributed by atoms with Gasteiger partial charge in [-0.05, 0) is 53.5 Å². The number of ether oxygens (including phenoxy) is 4. The first-order chi connectivity index (χ1) is 14.1. The maximum absolute atomic E-state index is 6.51. The Balaban J connectivity index is 2.39. The van der Waals surface area contributed by atoms with Crippen LogP contribution in [0.1, 0.15) is 31.9 Å². The van der Waals surface area contributed by atoms with Crippen molar-refractivity contribution in [1.82, 2.24) is 0 Å². The van der Waals surface area contributed by atoms with Gasteiger partial charge < -0.3 is 23.4 Å².